The van der Waals surface area contributed by atoms with Crippen LogP contribution in [0.15, 0.2) is 30.5 Å². The fourth-order valence-corrected chi connectivity index (χ4v) is 4.66. The molecule has 0 radical (unpaired) electrons. The van der Waals surface area contributed by atoms with E-state index >= 15 is 0 Å². The predicted molar refractivity (Wildman–Crippen MR) is 95.2 cm³/mol. The van der Waals surface area contributed by atoms with E-state index in [0.29, 0.717) is 19.5 Å². The molecule has 6 nitrogen and oxygen atoms in total. The number of carbonyl (C=O) groups excluding carboxylic acids is 1. The molecule has 3 heterocycles. The zero-order valence-electron chi connectivity index (χ0n) is 15.3. The summed E-state index contributed by atoms with van der Waals surface area (Å²) >= 11 is 0. The van der Waals surface area contributed by atoms with E-state index in [1.807, 2.05) is 0 Å². The van der Waals surface area contributed by atoms with Crippen molar-refractivity contribution in [3.05, 3.63) is 47.3 Å². The van der Waals surface area contributed by atoms with Crippen molar-refractivity contribution in [3.63, 3.8) is 0 Å². The average molecular weight is 393 g/mol. The molecule has 0 saturated carbocycles. The predicted octanol–water partition coefficient (Wildman–Crippen LogP) is 2.80. The normalized spacial score (nSPS) is 26.1. The lowest BCUT2D eigenvalue weighted by atomic mass is 9.86. The molecule has 2 saturated heterocycles. The number of benzene rings is 1. The van der Waals surface area contributed by atoms with Crippen LogP contribution in [0.4, 0.5) is 13.2 Å². The number of nitrogens with one attached hydrogen (secondary N) is 1. The quantitative estimate of drug-likeness (QED) is 0.794. The van der Waals surface area contributed by atoms with Crippen LogP contribution in [0.1, 0.15) is 42.1 Å². The summed E-state index contributed by atoms with van der Waals surface area (Å²) in [5.74, 6) is 0. The summed E-state index contributed by atoms with van der Waals surface area (Å²) in [7, 11) is 0. The minimum absolute atomic E-state index is 0.0970. The second-order valence-corrected chi connectivity index (χ2v) is 7.67. The van der Waals surface area contributed by atoms with Crippen molar-refractivity contribution < 1.29 is 18.0 Å². The topological polar surface area (TPSA) is 65.1 Å². The van der Waals surface area contributed by atoms with E-state index in [1.165, 1.54) is 0 Å². The Balaban J connectivity index is 1.63. The van der Waals surface area contributed by atoms with Crippen molar-refractivity contribution in [1.29, 1.82) is 0 Å². The molecule has 2 aliphatic heterocycles. The van der Waals surface area contributed by atoms with E-state index in [4.69, 9.17) is 0 Å². The summed E-state index contributed by atoms with van der Waals surface area (Å²) in [5.41, 5.74) is 0.745. The highest BCUT2D eigenvalue weighted by atomic mass is 19.4. The van der Waals surface area contributed by atoms with Crippen LogP contribution in [0, 0.1) is 0 Å². The number of nitrogens with zero attached hydrogens (tertiary/aromatic N) is 4. The molecule has 2 aliphatic rings. The molecule has 4 rings (SSSR count). The van der Waals surface area contributed by atoms with Gasteiger partial charge in [0.15, 0.2) is 0 Å². The molecule has 2 atom stereocenters. The molecule has 1 N–H and O–H groups in total. The zero-order valence-corrected chi connectivity index (χ0v) is 15.3. The molecule has 150 valence electrons. The standard InChI is InChI=1S/C19H22F3N5O/c20-19(21,22)15-5-3-14(4-6-15)10-18(7-9-26(12-18)13-28)27-8-1-2-17(27)16-11-23-25-24-16/h3-6,11,13,17H,1-2,7-10,12H2,(H,23,24,25). The molecule has 1 aromatic carbocycles. The number of H-pyrrole nitrogens is 1. The van der Waals surface area contributed by atoms with Crippen LogP contribution >= 0.6 is 0 Å². The van der Waals surface area contributed by atoms with E-state index in [-0.39, 0.29) is 11.6 Å². The highest BCUT2D eigenvalue weighted by Crippen LogP contribution is 2.42. The van der Waals surface area contributed by atoms with Gasteiger partial charge in [-0.1, -0.05) is 12.1 Å². The smallest absolute Gasteiger partial charge is 0.343 e. The summed E-state index contributed by atoms with van der Waals surface area (Å²) in [6.07, 6.45) is 1.56. The maximum atomic E-state index is 12.9. The lowest BCUT2D eigenvalue weighted by Gasteiger charge is -2.42. The van der Waals surface area contributed by atoms with Gasteiger partial charge in [0.2, 0.25) is 6.41 Å². The van der Waals surface area contributed by atoms with Crippen LogP contribution in [0.5, 0.6) is 0 Å². The van der Waals surface area contributed by atoms with Crippen molar-refractivity contribution in [2.45, 2.75) is 43.4 Å². The summed E-state index contributed by atoms with van der Waals surface area (Å²) in [4.78, 5) is 15.5. The number of halogens is 3. The van der Waals surface area contributed by atoms with Crippen LogP contribution in [-0.4, -0.2) is 56.8 Å². The number of amides is 1. The van der Waals surface area contributed by atoms with Gasteiger partial charge in [-0.3, -0.25) is 9.69 Å². The van der Waals surface area contributed by atoms with Crippen molar-refractivity contribution >= 4 is 6.41 Å². The Morgan fingerprint density at radius 3 is 2.64 bits per heavy atom. The van der Waals surface area contributed by atoms with Crippen LogP contribution in [0.2, 0.25) is 0 Å². The Kier molecular flexibility index (Phi) is 4.86. The molecule has 2 unspecified atom stereocenters. The number of aromatic nitrogens is 3. The Hall–Kier alpha value is -2.42. The zero-order chi connectivity index (χ0) is 19.8. The molecule has 1 amide bonds. The highest BCUT2D eigenvalue weighted by molar-refractivity contribution is 5.48. The van der Waals surface area contributed by atoms with Gasteiger partial charge in [-0.2, -0.15) is 28.6 Å². The monoisotopic (exact) mass is 393 g/mol. The van der Waals surface area contributed by atoms with Gasteiger partial charge in [0, 0.05) is 18.6 Å². The molecule has 2 aromatic rings. The Morgan fingerprint density at radius 2 is 2.04 bits per heavy atom. The largest absolute Gasteiger partial charge is 0.416 e. The molecule has 9 heteroatoms. The van der Waals surface area contributed by atoms with Gasteiger partial charge in [-0.05, 0) is 49.9 Å². The molecular formula is C19H22F3N5O. The van der Waals surface area contributed by atoms with Gasteiger partial charge >= 0.3 is 6.18 Å². The fourth-order valence-electron chi connectivity index (χ4n) is 4.66. The Labute approximate surface area is 160 Å². The summed E-state index contributed by atoms with van der Waals surface area (Å²) in [5, 5.41) is 10.8. The number of alkyl halides is 3. The second-order valence-electron chi connectivity index (χ2n) is 7.67. The first-order chi connectivity index (χ1) is 13.4. The van der Waals surface area contributed by atoms with Crippen LogP contribution < -0.4 is 0 Å². The fraction of sp³-hybridized carbons (Fsp3) is 0.526. The third kappa shape index (κ3) is 3.50. The Morgan fingerprint density at radius 1 is 1.25 bits per heavy atom. The van der Waals surface area contributed by atoms with E-state index < -0.39 is 11.7 Å². The first kappa shape index (κ1) is 18.9. The van der Waals surface area contributed by atoms with Gasteiger partial charge in [-0.25, -0.2) is 0 Å². The number of hydrogen-bond donors (Lipinski definition) is 1. The number of rotatable bonds is 5. The third-order valence-corrected chi connectivity index (χ3v) is 5.96. The summed E-state index contributed by atoms with van der Waals surface area (Å²) in [6.45, 7) is 2.07. The van der Waals surface area contributed by atoms with E-state index in [1.54, 1.807) is 23.2 Å². The van der Waals surface area contributed by atoms with E-state index in [9.17, 15) is 18.0 Å². The van der Waals surface area contributed by atoms with Crippen molar-refractivity contribution in [2.24, 2.45) is 0 Å². The first-order valence-electron chi connectivity index (χ1n) is 9.39. The number of carbonyl (C=O) groups is 1. The summed E-state index contributed by atoms with van der Waals surface area (Å²) in [6, 6.07) is 5.47. The van der Waals surface area contributed by atoms with Crippen LogP contribution in [-0.2, 0) is 17.4 Å². The number of aromatic amines is 1. The minimum atomic E-state index is -4.34. The lowest BCUT2D eigenvalue weighted by molar-refractivity contribution is -0.137. The van der Waals surface area contributed by atoms with Gasteiger partial charge < -0.3 is 4.90 Å². The minimum Gasteiger partial charge on any atom is -0.343 e. The maximum Gasteiger partial charge on any atom is 0.416 e. The van der Waals surface area contributed by atoms with Crippen molar-refractivity contribution in [2.75, 3.05) is 19.6 Å². The van der Waals surface area contributed by atoms with E-state index in [2.05, 4.69) is 20.3 Å². The Bertz CT molecular complexity index is 808. The second kappa shape index (κ2) is 7.20. The van der Waals surface area contributed by atoms with Gasteiger partial charge in [0.25, 0.3) is 0 Å². The molecule has 2 fully saturated rings. The summed E-state index contributed by atoms with van der Waals surface area (Å²) < 4.78 is 38.6. The lowest BCUT2D eigenvalue weighted by Crippen LogP contribution is -2.52. The molecule has 1 aromatic heterocycles. The molecular weight excluding hydrogens is 371 g/mol. The van der Waals surface area contributed by atoms with Gasteiger partial charge in [-0.15, -0.1) is 0 Å². The number of hydrogen-bond acceptors (Lipinski definition) is 4. The highest BCUT2D eigenvalue weighted by Gasteiger charge is 2.48. The molecule has 0 bridgehead atoms. The third-order valence-electron chi connectivity index (χ3n) is 5.96. The average Bonchev–Trinajstić information content (AvgIpc) is 3.41. The number of likely N-dealkylation sites (tertiary alicyclic amines) is 2. The first-order valence-corrected chi connectivity index (χ1v) is 9.39. The molecule has 28 heavy (non-hydrogen) atoms. The SMILES string of the molecule is O=CN1CCC(Cc2ccc(C(F)(F)F)cc2)(N2CCCC2c2cn[nH]n2)C1. The van der Waals surface area contributed by atoms with Crippen molar-refractivity contribution in [1.82, 2.24) is 25.2 Å². The van der Waals surface area contributed by atoms with Crippen LogP contribution in [0.3, 0.4) is 0 Å². The maximum absolute atomic E-state index is 12.9. The van der Waals surface area contributed by atoms with Crippen LogP contribution in [0.25, 0.3) is 0 Å². The van der Waals surface area contributed by atoms with Gasteiger partial charge in [0.05, 0.1) is 23.5 Å². The van der Waals surface area contributed by atoms with Gasteiger partial charge in [0.1, 0.15) is 0 Å². The van der Waals surface area contributed by atoms with E-state index in [0.717, 1.165) is 55.6 Å². The van der Waals surface area contributed by atoms with Crippen molar-refractivity contribution in [3.8, 4) is 0 Å². The molecule has 0 aliphatic carbocycles. The molecule has 0 spiro atoms.